The van der Waals surface area contributed by atoms with Crippen molar-refractivity contribution in [3.05, 3.63) is 42.6 Å². The number of unbranched alkanes of at least 4 members (excludes halogenated alkanes) is 1. The lowest BCUT2D eigenvalue weighted by atomic mass is 9.90. The van der Waals surface area contributed by atoms with Crippen LogP contribution < -0.4 is 10.6 Å². The Bertz CT molecular complexity index is 630. The van der Waals surface area contributed by atoms with Crippen LogP contribution in [0.15, 0.2) is 37.0 Å². The number of carbonyl (C=O) groups excluding carboxylic acids is 2. The van der Waals surface area contributed by atoms with E-state index in [2.05, 4.69) is 102 Å². The monoisotopic (exact) mass is 475 g/mol. The topological polar surface area (TPSA) is 61.4 Å². The Kier molecular flexibility index (Phi) is 21.4. The van der Waals surface area contributed by atoms with Crippen LogP contribution in [-0.4, -0.2) is 42.8 Å². The van der Waals surface area contributed by atoms with Gasteiger partial charge in [0.1, 0.15) is 5.78 Å². The molecular formula is C29H53N3O2. The van der Waals surface area contributed by atoms with Gasteiger partial charge in [-0.05, 0) is 69.9 Å². The molecule has 1 rings (SSSR count). The standard InChI is InChI=1S/C14H29NO.C12H19N.C3H5NO/c1-6-8-10-15(9-7-2)12-13(16)11-14(3,4)5;1-4-5-11(3)13-12-8-6-10(2)7-9-12;1-2-4-3-5/h6-12H2,1-5H3;6-9,11,13H,4-5H2,1-3H3;2-3H,1H2,(H,4,5). The van der Waals surface area contributed by atoms with Gasteiger partial charge in [-0.2, -0.15) is 0 Å². The van der Waals surface area contributed by atoms with E-state index in [9.17, 15) is 9.59 Å². The maximum absolute atomic E-state index is 11.9. The molecule has 0 aliphatic rings. The first-order chi connectivity index (χ1) is 16.0. The minimum Gasteiger partial charge on any atom is -0.383 e. The summed E-state index contributed by atoms with van der Waals surface area (Å²) in [5.74, 6) is 0.386. The lowest BCUT2D eigenvalue weighted by Crippen LogP contribution is -2.33. The Hall–Kier alpha value is -2.14. The highest BCUT2D eigenvalue weighted by molar-refractivity contribution is 5.81. The molecule has 0 heterocycles. The van der Waals surface area contributed by atoms with Crippen LogP contribution in [-0.2, 0) is 9.59 Å². The molecule has 0 saturated heterocycles. The number of hydrogen-bond acceptors (Lipinski definition) is 4. The van der Waals surface area contributed by atoms with Gasteiger partial charge in [0.2, 0.25) is 6.41 Å². The molecule has 1 unspecified atom stereocenters. The van der Waals surface area contributed by atoms with Gasteiger partial charge in [-0.15, -0.1) is 0 Å². The fourth-order valence-corrected chi connectivity index (χ4v) is 3.35. The number of anilines is 1. The molecule has 34 heavy (non-hydrogen) atoms. The van der Waals surface area contributed by atoms with Crippen molar-refractivity contribution in [1.29, 1.82) is 0 Å². The number of ketones is 1. The summed E-state index contributed by atoms with van der Waals surface area (Å²) in [6.07, 6.45) is 8.57. The minimum absolute atomic E-state index is 0.125. The van der Waals surface area contributed by atoms with Crippen molar-refractivity contribution in [2.45, 2.75) is 100.0 Å². The van der Waals surface area contributed by atoms with Crippen molar-refractivity contribution in [3.8, 4) is 0 Å². The zero-order valence-electron chi connectivity index (χ0n) is 23.4. The SMILES string of the molecule is C=CNC=O.CCCC(C)Nc1ccc(C)cc1.CCCCN(CCC)CC(=O)CC(C)(C)C. The Balaban J connectivity index is 0. The summed E-state index contributed by atoms with van der Waals surface area (Å²) in [5, 5.41) is 5.66. The van der Waals surface area contributed by atoms with Gasteiger partial charge in [-0.1, -0.05) is 78.7 Å². The molecule has 1 atom stereocenters. The third-order valence-corrected chi connectivity index (χ3v) is 4.87. The van der Waals surface area contributed by atoms with Crippen molar-refractivity contribution in [3.63, 3.8) is 0 Å². The average Bonchev–Trinajstić information content (AvgIpc) is 2.74. The molecule has 1 amide bonds. The quantitative estimate of drug-likeness (QED) is 0.285. The predicted octanol–water partition coefficient (Wildman–Crippen LogP) is 6.98. The second-order valence-corrected chi connectivity index (χ2v) is 10.1. The highest BCUT2D eigenvalue weighted by Crippen LogP contribution is 2.19. The van der Waals surface area contributed by atoms with Gasteiger partial charge >= 0.3 is 0 Å². The summed E-state index contributed by atoms with van der Waals surface area (Å²) < 4.78 is 0. The van der Waals surface area contributed by atoms with Gasteiger partial charge in [-0.25, -0.2) is 0 Å². The first-order valence-electron chi connectivity index (χ1n) is 12.9. The number of nitrogens with zero attached hydrogens (tertiary/aromatic N) is 1. The largest absolute Gasteiger partial charge is 0.383 e. The number of amides is 1. The summed E-state index contributed by atoms with van der Waals surface area (Å²) >= 11 is 0. The van der Waals surface area contributed by atoms with Crippen LogP contribution in [0.3, 0.4) is 0 Å². The second kappa shape index (κ2) is 21.4. The Labute approximate surface area is 210 Å². The Morgan fingerprint density at radius 2 is 1.68 bits per heavy atom. The summed E-state index contributed by atoms with van der Waals surface area (Å²) in [6, 6.07) is 9.14. The predicted molar refractivity (Wildman–Crippen MR) is 149 cm³/mol. The van der Waals surface area contributed by atoms with E-state index in [0.717, 1.165) is 19.5 Å². The molecule has 0 radical (unpaired) electrons. The Morgan fingerprint density at radius 3 is 2.09 bits per heavy atom. The fraction of sp³-hybridized carbons (Fsp3) is 0.655. The number of nitrogens with one attached hydrogen (secondary N) is 2. The van der Waals surface area contributed by atoms with Gasteiger partial charge in [0.25, 0.3) is 0 Å². The van der Waals surface area contributed by atoms with Gasteiger partial charge in [0.15, 0.2) is 0 Å². The minimum atomic E-state index is 0.125. The average molecular weight is 476 g/mol. The van der Waals surface area contributed by atoms with Crippen LogP contribution in [0.2, 0.25) is 0 Å². The first kappa shape index (κ1) is 34.0. The van der Waals surface area contributed by atoms with E-state index in [1.807, 2.05) is 0 Å². The second-order valence-electron chi connectivity index (χ2n) is 10.1. The van der Waals surface area contributed by atoms with Crippen LogP contribution in [0.25, 0.3) is 0 Å². The molecule has 0 fully saturated rings. The van der Waals surface area contributed by atoms with Gasteiger partial charge in [0.05, 0.1) is 6.54 Å². The van der Waals surface area contributed by atoms with Crippen LogP contribution in [0.4, 0.5) is 5.69 Å². The van der Waals surface area contributed by atoms with Gasteiger partial charge in [-0.3, -0.25) is 14.5 Å². The van der Waals surface area contributed by atoms with Crippen molar-refractivity contribution < 1.29 is 9.59 Å². The molecule has 5 heteroatoms. The lowest BCUT2D eigenvalue weighted by Gasteiger charge is -2.23. The van der Waals surface area contributed by atoms with E-state index in [4.69, 9.17) is 0 Å². The maximum Gasteiger partial charge on any atom is 0.211 e. The van der Waals surface area contributed by atoms with E-state index in [-0.39, 0.29) is 5.41 Å². The maximum atomic E-state index is 11.9. The number of rotatable bonds is 14. The third-order valence-electron chi connectivity index (χ3n) is 4.87. The number of aryl methyl sites for hydroxylation is 1. The molecule has 0 aliphatic heterocycles. The van der Waals surface area contributed by atoms with Crippen molar-refractivity contribution >= 4 is 17.9 Å². The van der Waals surface area contributed by atoms with E-state index in [1.165, 1.54) is 43.1 Å². The van der Waals surface area contributed by atoms with Crippen molar-refractivity contribution in [2.24, 2.45) is 5.41 Å². The number of benzene rings is 1. The van der Waals surface area contributed by atoms with E-state index < -0.39 is 0 Å². The van der Waals surface area contributed by atoms with Gasteiger partial charge < -0.3 is 10.6 Å². The van der Waals surface area contributed by atoms with E-state index in [0.29, 0.717) is 31.2 Å². The summed E-state index contributed by atoms with van der Waals surface area (Å²) in [6.45, 7) is 23.3. The molecule has 2 N–H and O–H groups in total. The number of carbonyl (C=O) groups is 2. The molecule has 0 spiro atoms. The lowest BCUT2D eigenvalue weighted by molar-refractivity contribution is -0.122. The normalized spacial score (nSPS) is 11.3. The molecule has 0 saturated carbocycles. The fourth-order valence-electron chi connectivity index (χ4n) is 3.35. The molecule has 1 aromatic rings. The van der Waals surface area contributed by atoms with E-state index in [1.54, 1.807) is 0 Å². The van der Waals surface area contributed by atoms with Crippen LogP contribution in [0.5, 0.6) is 0 Å². The number of hydrogen-bond donors (Lipinski definition) is 2. The van der Waals surface area contributed by atoms with Gasteiger partial charge in [0, 0.05) is 18.2 Å². The van der Waals surface area contributed by atoms with Crippen LogP contribution in [0, 0.1) is 12.3 Å². The van der Waals surface area contributed by atoms with Crippen LogP contribution in [0.1, 0.15) is 92.6 Å². The molecule has 0 aliphatic carbocycles. The summed E-state index contributed by atoms with van der Waals surface area (Å²) in [4.78, 5) is 23.4. The molecule has 196 valence electrons. The van der Waals surface area contributed by atoms with Crippen molar-refractivity contribution in [1.82, 2.24) is 10.2 Å². The molecule has 5 nitrogen and oxygen atoms in total. The van der Waals surface area contributed by atoms with Crippen LogP contribution >= 0.6 is 0 Å². The Morgan fingerprint density at radius 1 is 1.06 bits per heavy atom. The van der Waals surface area contributed by atoms with E-state index >= 15 is 0 Å². The summed E-state index contributed by atoms with van der Waals surface area (Å²) in [5.41, 5.74) is 2.67. The van der Waals surface area contributed by atoms with Crippen molar-refractivity contribution in [2.75, 3.05) is 25.0 Å². The zero-order valence-corrected chi connectivity index (χ0v) is 23.4. The smallest absolute Gasteiger partial charge is 0.211 e. The first-order valence-corrected chi connectivity index (χ1v) is 12.9. The molecule has 0 aromatic heterocycles. The summed E-state index contributed by atoms with van der Waals surface area (Å²) in [7, 11) is 0. The zero-order chi connectivity index (χ0) is 26.4. The number of Topliss-reactive ketones (excluding diaryl/α,β-unsaturated/α-hetero) is 1. The third kappa shape index (κ3) is 23.0. The highest BCUT2D eigenvalue weighted by atomic mass is 16.1. The molecule has 1 aromatic carbocycles. The highest BCUT2D eigenvalue weighted by Gasteiger charge is 2.17. The molecular weight excluding hydrogens is 422 g/mol. The molecule has 0 bridgehead atoms.